The van der Waals surface area contributed by atoms with Crippen molar-refractivity contribution in [3.05, 3.63) is 63.2 Å². The lowest BCUT2D eigenvalue weighted by Gasteiger charge is -2.42. The highest BCUT2D eigenvalue weighted by Gasteiger charge is 2.56. The third-order valence-corrected chi connectivity index (χ3v) is 7.58. The van der Waals surface area contributed by atoms with Gasteiger partial charge in [-0.2, -0.15) is 0 Å². The minimum absolute atomic E-state index is 0.0286. The second-order valence-electron chi connectivity index (χ2n) is 8.37. The molecule has 158 valence electrons. The zero-order valence-electron chi connectivity index (χ0n) is 16.8. The van der Waals surface area contributed by atoms with E-state index in [1.165, 1.54) is 11.0 Å². The molecule has 0 bridgehead atoms. The molecule has 1 fully saturated rings. The molecule has 0 spiro atoms. The molecule has 3 aliphatic carbocycles. The van der Waals surface area contributed by atoms with Crippen molar-refractivity contribution < 1.29 is 24.3 Å². The van der Waals surface area contributed by atoms with Crippen LogP contribution in [-0.2, 0) is 19.2 Å². The van der Waals surface area contributed by atoms with Crippen LogP contribution >= 0.6 is 15.9 Å². The molecule has 1 aliphatic heterocycles. The summed E-state index contributed by atoms with van der Waals surface area (Å²) in [5.41, 5.74) is 2.10. The number of carbonyl (C=O) groups excluding carboxylic acids is 4. The summed E-state index contributed by atoms with van der Waals surface area (Å²) in [5.74, 6) is -2.89. The second kappa shape index (κ2) is 7.12. The van der Waals surface area contributed by atoms with Crippen LogP contribution < -0.4 is 0 Å². The number of rotatable bonds is 2. The Bertz CT molecular complexity index is 1160. The number of imide groups is 1. The molecular formula is C24H20BrNO5. The molecule has 5 rings (SSSR count). The number of fused-ring (bicyclic) bond motifs is 3. The van der Waals surface area contributed by atoms with Gasteiger partial charge in [-0.05, 0) is 47.7 Å². The molecule has 31 heavy (non-hydrogen) atoms. The van der Waals surface area contributed by atoms with Crippen LogP contribution in [0.15, 0.2) is 57.6 Å². The molecule has 1 saturated heterocycles. The van der Waals surface area contributed by atoms with E-state index in [9.17, 15) is 24.3 Å². The number of nitrogens with zero attached hydrogens (tertiary/aromatic N) is 1. The lowest BCUT2D eigenvalue weighted by Crippen LogP contribution is -2.39. The van der Waals surface area contributed by atoms with Gasteiger partial charge in [-0.25, -0.2) is 0 Å². The summed E-state index contributed by atoms with van der Waals surface area (Å²) in [6.07, 6.45) is 3.87. The molecule has 0 saturated carbocycles. The SMILES string of the molecule is CCN1C(=O)[C@H]2[C@H](CC=C3[C@H](c4ccccc4O)C4=C(C[C@H]32)C(=O)C(Br)=CC4=O)C1=O. The molecule has 1 N–H and O–H groups in total. The van der Waals surface area contributed by atoms with E-state index < -0.39 is 17.8 Å². The lowest BCUT2D eigenvalue weighted by molar-refractivity contribution is -0.139. The summed E-state index contributed by atoms with van der Waals surface area (Å²) in [4.78, 5) is 53.3. The van der Waals surface area contributed by atoms with Gasteiger partial charge in [-0.1, -0.05) is 29.8 Å². The number of halogens is 1. The third-order valence-electron chi connectivity index (χ3n) is 6.99. The van der Waals surface area contributed by atoms with Gasteiger partial charge in [-0.3, -0.25) is 24.1 Å². The van der Waals surface area contributed by atoms with E-state index in [0.29, 0.717) is 29.7 Å². The van der Waals surface area contributed by atoms with E-state index in [-0.39, 0.29) is 46.0 Å². The number of phenols is 1. The number of carbonyl (C=O) groups is 4. The van der Waals surface area contributed by atoms with Crippen LogP contribution in [-0.4, -0.2) is 39.9 Å². The van der Waals surface area contributed by atoms with Gasteiger partial charge < -0.3 is 5.11 Å². The normalized spacial score (nSPS) is 30.1. The van der Waals surface area contributed by atoms with Crippen LogP contribution in [0.5, 0.6) is 5.75 Å². The van der Waals surface area contributed by atoms with Gasteiger partial charge >= 0.3 is 0 Å². The number of hydrogen-bond donors (Lipinski definition) is 1. The summed E-state index contributed by atoms with van der Waals surface area (Å²) in [5, 5.41) is 10.6. The fourth-order valence-electron chi connectivity index (χ4n) is 5.67. The van der Waals surface area contributed by atoms with Gasteiger partial charge in [0.2, 0.25) is 11.8 Å². The smallest absolute Gasteiger partial charge is 0.233 e. The maximum atomic E-state index is 13.2. The molecule has 1 aromatic rings. The number of para-hydroxylation sites is 1. The maximum Gasteiger partial charge on any atom is 0.233 e. The fourth-order valence-corrected chi connectivity index (χ4v) is 6.12. The third kappa shape index (κ3) is 2.75. The fraction of sp³-hybridized carbons (Fsp3) is 0.333. The lowest BCUT2D eigenvalue weighted by atomic mass is 9.59. The first kappa shape index (κ1) is 20.1. The van der Waals surface area contributed by atoms with Crippen LogP contribution in [0.2, 0.25) is 0 Å². The molecule has 7 heteroatoms. The van der Waals surface area contributed by atoms with Gasteiger partial charge in [0.25, 0.3) is 0 Å². The van der Waals surface area contributed by atoms with Gasteiger partial charge in [0.15, 0.2) is 11.6 Å². The zero-order chi connectivity index (χ0) is 22.0. The van der Waals surface area contributed by atoms with Crippen molar-refractivity contribution in [2.75, 3.05) is 6.54 Å². The van der Waals surface area contributed by atoms with E-state index in [1.54, 1.807) is 31.2 Å². The average Bonchev–Trinajstić information content (AvgIpc) is 3.01. The van der Waals surface area contributed by atoms with Crippen molar-refractivity contribution in [3.63, 3.8) is 0 Å². The predicted molar refractivity (Wildman–Crippen MR) is 115 cm³/mol. The number of benzene rings is 1. The zero-order valence-corrected chi connectivity index (χ0v) is 18.4. The molecule has 0 radical (unpaired) electrons. The number of amides is 2. The maximum absolute atomic E-state index is 13.2. The Morgan fingerprint density at radius 2 is 1.84 bits per heavy atom. The Morgan fingerprint density at radius 1 is 1.10 bits per heavy atom. The van der Waals surface area contributed by atoms with Crippen molar-refractivity contribution in [2.24, 2.45) is 17.8 Å². The van der Waals surface area contributed by atoms with Crippen LogP contribution in [0, 0.1) is 17.8 Å². The molecule has 0 unspecified atom stereocenters. The van der Waals surface area contributed by atoms with Crippen molar-refractivity contribution in [3.8, 4) is 5.75 Å². The summed E-state index contributed by atoms with van der Waals surface area (Å²) in [6, 6.07) is 6.76. The minimum Gasteiger partial charge on any atom is -0.508 e. The van der Waals surface area contributed by atoms with Crippen LogP contribution in [0.4, 0.5) is 0 Å². The Balaban J connectivity index is 1.72. The van der Waals surface area contributed by atoms with Crippen LogP contribution in [0.25, 0.3) is 0 Å². The minimum atomic E-state index is -0.622. The number of allylic oxidation sites excluding steroid dienone is 6. The van der Waals surface area contributed by atoms with Crippen LogP contribution in [0.3, 0.4) is 0 Å². The quantitative estimate of drug-likeness (QED) is 0.397. The standard InChI is InChI=1S/C24H20BrNO5/c1-2-26-23(30)13-8-7-11-14(20(13)24(26)31)9-15-21(18(28)10-16(25)22(15)29)19(11)12-5-3-4-6-17(12)27/h3-7,10,13-14,19-20,27H,2,8-9H2,1H3/t13-,14+,19+,20-/m0/s1. The molecule has 6 nitrogen and oxygen atoms in total. The van der Waals surface area contributed by atoms with Crippen molar-refractivity contribution in [1.29, 1.82) is 0 Å². The first-order valence-corrected chi connectivity index (χ1v) is 11.2. The van der Waals surface area contributed by atoms with E-state index in [0.717, 1.165) is 5.57 Å². The molecule has 0 aromatic heterocycles. The van der Waals surface area contributed by atoms with E-state index >= 15 is 0 Å². The average molecular weight is 482 g/mol. The van der Waals surface area contributed by atoms with E-state index in [1.807, 2.05) is 6.08 Å². The van der Waals surface area contributed by atoms with Gasteiger partial charge in [0.1, 0.15) is 5.75 Å². The summed E-state index contributed by atoms with van der Waals surface area (Å²) < 4.78 is 0.191. The highest BCUT2D eigenvalue weighted by Crippen LogP contribution is 2.56. The molecule has 1 heterocycles. The van der Waals surface area contributed by atoms with Crippen molar-refractivity contribution in [2.45, 2.75) is 25.7 Å². The first-order chi connectivity index (χ1) is 14.8. The van der Waals surface area contributed by atoms with Gasteiger partial charge in [-0.15, -0.1) is 0 Å². The number of likely N-dealkylation sites (tertiary alicyclic amines) is 1. The molecule has 1 aromatic carbocycles. The first-order valence-electron chi connectivity index (χ1n) is 10.4. The number of aromatic hydroxyl groups is 1. The topological polar surface area (TPSA) is 91.8 Å². The van der Waals surface area contributed by atoms with Crippen LogP contribution in [0.1, 0.15) is 31.2 Å². The Hall–Kier alpha value is -2.80. The molecule has 4 aliphatic rings. The number of ketones is 2. The molecule has 4 atom stereocenters. The number of hydrogen-bond acceptors (Lipinski definition) is 5. The number of phenolic OH excluding ortho intramolecular Hbond substituents is 1. The van der Waals surface area contributed by atoms with Gasteiger partial charge in [0, 0.05) is 35.2 Å². The Labute approximate surface area is 187 Å². The summed E-state index contributed by atoms with van der Waals surface area (Å²) in [7, 11) is 0. The number of Topliss-reactive ketones (excluding diaryl/α,β-unsaturated/α-hetero) is 1. The highest BCUT2D eigenvalue weighted by atomic mass is 79.9. The van der Waals surface area contributed by atoms with Crippen molar-refractivity contribution >= 4 is 39.3 Å². The Morgan fingerprint density at radius 3 is 2.55 bits per heavy atom. The van der Waals surface area contributed by atoms with Gasteiger partial charge in [0.05, 0.1) is 16.3 Å². The molecule has 2 amide bonds. The predicted octanol–water partition coefficient (Wildman–Crippen LogP) is 3.17. The van der Waals surface area contributed by atoms with E-state index in [2.05, 4.69) is 15.9 Å². The monoisotopic (exact) mass is 481 g/mol. The largest absolute Gasteiger partial charge is 0.508 e. The second-order valence-corrected chi connectivity index (χ2v) is 9.23. The Kier molecular flexibility index (Phi) is 4.62. The highest BCUT2D eigenvalue weighted by molar-refractivity contribution is 9.12. The summed E-state index contributed by atoms with van der Waals surface area (Å²) in [6.45, 7) is 2.09. The van der Waals surface area contributed by atoms with Crippen molar-refractivity contribution in [1.82, 2.24) is 4.90 Å². The summed E-state index contributed by atoms with van der Waals surface area (Å²) >= 11 is 3.20. The van der Waals surface area contributed by atoms with E-state index in [4.69, 9.17) is 0 Å². The molecular weight excluding hydrogens is 462 g/mol.